The zero-order valence-corrected chi connectivity index (χ0v) is 17.9. The Balaban J connectivity index is 1.57. The largest absolute Gasteiger partial charge is 0.333 e. The molecule has 28 heavy (non-hydrogen) atoms. The van der Waals surface area contributed by atoms with Crippen LogP contribution in [0.15, 0.2) is 78.9 Å². The number of hydroxylamine groups is 1. The van der Waals surface area contributed by atoms with Gasteiger partial charge in [0.1, 0.15) is 0 Å². The van der Waals surface area contributed by atoms with Crippen LogP contribution in [-0.2, 0) is 16.4 Å². The number of aryl methyl sites for hydroxylation is 1. The highest BCUT2D eigenvalue weighted by Gasteiger charge is 2.27. The first-order valence-corrected chi connectivity index (χ1v) is 11.5. The first-order chi connectivity index (χ1) is 13.5. The van der Waals surface area contributed by atoms with Crippen LogP contribution in [0.1, 0.15) is 49.9 Å². The summed E-state index contributed by atoms with van der Waals surface area (Å²) < 4.78 is 6.43. The molecule has 3 aromatic rings. The van der Waals surface area contributed by atoms with Gasteiger partial charge in [0.05, 0.1) is 6.04 Å². The summed E-state index contributed by atoms with van der Waals surface area (Å²) in [5.41, 5.74) is 7.85. The van der Waals surface area contributed by atoms with Crippen LogP contribution in [0, 0.1) is 0 Å². The first kappa shape index (κ1) is 19.1. The molecular formula is C25H28NOSi. The molecule has 1 atom stereocenters. The maximum absolute atomic E-state index is 6.43. The van der Waals surface area contributed by atoms with E-state index < -0.39 is 9.04 Å². The van der Waals surface area contributed by atoms with E-state index in [2.05, 4.69) is 105 Å². The minimum atomic E-state index is -1.34. The summed E-state index contributed by atoms with van der Waals surface area (Å²) in [6.45, 7) is 6.82. The molecule has 3 aromatic carbocycles. The van der Waals surface area contributed by atoms with Crippen molar-refractivity contribution in [2.75, 3.05) is 0 Å². The van der Waals surface area contributed by atoms with Gasteiger partial charge in [0.25, 0.3) is 0 Å². The standard InChI is InChI=1S/C25H28NOSi/c1-25(2,3)20-16-14-19-15-17-24(23(19)18-20)26-27-28(21-10-6-4-7-11-21)22-12-8-5-9-13-22/h4-14,16,18,24,26H,15,17H2,1-3H3/t24-/m1/s1. The molecule has 3 heteroatoms. The van der Waals surface area contributed by atoms with E-state index in [1.165, 1.54) is 27.1 Å². The first-order valence-electron chi connectivity index (χ1n) is 10.1. The average molecular weight is 387 g/mol. The molecule has 1 aliphatic carbocycles. The van der Waals surface area contributed by atoms with Gasteiger partial charge < -0.3 is 4.53 Å². The van der Waals surface area contributed by atoms with Crippen LogP contribution in [0.5, 0.6) is 0 Å². The molecule has 0 bridgehead atoms. The fraction of sp³-hybridized carbons (Fsp3) is 0.280. The van der Waals surface area contributed by atoms with E-state index in [0.717, 1.165) is 12.8 Å². The molecule has 0 fully saturated rings. The molecule has 0 saturated carbocycles. The Hall–Kier alpha value is -2.20. The van der Waals surface area contributed by atoms with Gasteiger partial charge in [0.2, 0.25) is 0 Å². The molecule has 0 heterocycles. The van der Waals surface area contributed by atoms with Crippen LogP contribution in [0.4, 0.5) is 0 Å². The Labute approximate surface area is 170 Å². The molecule has 0 unspecified atom stereocenters. The Kier molecular flexibility index (Phi) is 5.49. The van der Waals surface area contributed by atoms with Crippen molar-refractivity contribution in [2.45, 2.75) is 45.1 Å². The van der Waals surface area contributed by atoms with Gasteiger partial charge in [-0.15, -0.1) is 0 Å². The quantitative estimate of drug-likeness (QED) is 0.521. The number of hydrogen-bond acceptors (Lipinski definition) is 2. The zero-order chi connectivity index (χ0) is 19.6. The lowest BCUT2D eigenvalue weighted by Gasteiger charge is -2.23. The molecule has 1 N–H and O–H groups in total. The van der Waals surface area contributed by atoms with E-state index in [1.807, 2.05) is 0 Å². The molecule has 0 aromatic heterocycles. The Morgan fingerprint density at radius 2 is 1.46 bits per heavy atom. The number of hydrogen-bond donors (Lipinski definition) is 1. The maximum Gasteiger partial charge on any atom is 0.311 e. The van der Waals surface area contributed by atoms with Gasteiger partial charge in [-0.3, -0.25) is 0 Å². The smallest absolute Gasteiger partial charge is 0.311 e. The second-order valence-electron chi connectivity index (χ2n) is 8.54. The van der Waals surface area contributed by atoms with Crippen molar-refractivity contribution in [1.82, 2.24) is 5.48 Å². The highest BCUT2D eigenvalue weighted by molar-refractivity contribution is 6.79. The van der Waals surface area contributed by atoms with Crippen LogP contribution < -0.4 is 15.9 Å². The van der Waals surface area contributed by atoms with Gasteiger partial charge in [0.15, 0.2) is 0 Å². The monoisotopic (exact) mass is 386 g/mol. The Bertz CT molecular complexity index is 879. The summed E-state index contributed by atoms with van der Waals surface area (Å²) in [4.78, 5) is 0. The van der Waals surface area contributed by atoms with Crippen molar-refractivity contribution >= 4 is 19.4 Å². The number of fused-ring (bicyclic) bond motifs is 1. The van der Waals surface area contributed by atoms with Gasteiger partial charge in [-0.05, 0) is 45.3 Å². The molecule has 1 radical (unpaired) electrons. The summed E-state index contributed by atoms with van der Waals surface area (Å²) in [7, 11) is -1.34. The molecule has 1 aliphatic rings. The normalized spacial score (nSPS) is 16.4. The van der Waals surface area contributed by atoms with Crippen molar-refractivity contribution in [1.29, 1.82) is 0 Å². The summed E-state index contributed by atoms with van der Waals surface area (Å²) in [5.74, 6) is 0. The van der Waals surface area contributed by atoms with Crippen LogP contribution in [0.25, 0.3) is 0 Å². The lowest BCUT2D eigenvalue weighted by molar-refractivity contribution is 0.161. The molecule has 0 amide bonds. The topological polar surface area (TPSA) is 21.3 Å². The van der Waals surface area contributed by atoms with Crippen LogP contribution >= 0.6 is 0 Å². The molecule has 0 aliphatic heterocycles. The number of benzene rings is 3. The van der Waals surface area contributed by atoms with Crippen LogP contribution in [0.3, 0.4) is 0 Å². The third kappa shape index (κ3) is 4.12. The van der Waals surface area contributed by atoms with E-state index in [4.69, 9.17) is 4.53 Å². The minimum absolute atomic E-state index is 0.159. The molecule has 2 nitrogen and oxygen atoms in total. The van der Waals surface area contributed by atoms with E-state index in [0.29, 0.717) is 0 Å². The van der Waals surface area contributed by atoms with E-state index >= 15 is 0 Å². The predicted octanol–water partition coefficient (Wildman–Crippen LogP) is 4.30. The lowest BCUT2D eigenvalue weighted by Crippen LogP contribution is -2.48. The van der Waals surface area contributed by atoms with Crippen molar-refractivity contribution in [2.24, 2.45) is 0 Å². The highest BCUT2D eigenvalue weighted by atomic mass is 28.3. The van der Waals surface area contributed by atoms with Crippen molar-refractivity contribution in [3.8, 4) is 0 Å². The van der Waals surface area contributed by atoms with E-state index in [9.17, 15) is 0 Å². The van der Waals surface area contributed by atoms with E-state index in [1.54, 1.807) is 0 Å². The summed E-state index contributed by atoms with van der Waals surface area (Å²) in [6, 6.07) is 28.4. The van der Waals surface area contributed by atoms with Gasteiger partial charge >= 0.3 is 9.04 Å². The SMILES string of the molecule is CC(C)(C)c1ccc2c(c1)[C@H](NO[Si](c1ccccc1)c1ccccc1)CC2. The third-order valence-electron chi connectivity index (χ3n) is 5.46. The van der Waals surface area contributed by atoms with Gasteiger partial charge in [0, 0.05) is 0 Å². The number of rotatable bonds is 5. The summed E-state index contributed by atoms with van der Waals surface area (Å²) in [5, 5.41) is 2.51. The Morgan fingerprint density at radius 1 is 0.857 bits per heavy atom. The van der Waals surface area contributed by atoms with Gasteiger partial charge in [-0.25, -0.2) is 5.48 Å². The fourth-order valence-corrected chi connectivity index (χ4v) is 5.60. The van der Waals surface area contributed by atoms with Crippen molar-refractivity contribution < 1.29 is 4.53 Å². The van der Waals surface area contributed by atoms with Crippen molar-refractivity contribution in [3.05, 3.63) is 95.6 Å². The molecule has 4 rings (SSSR count). The molecule has 143 valence electrons. The summed E-state index contributed by atoms with van der Waals surface area (Å²) in [6.07, 6.45) is 2.20. The van der Waals surface area contributed by atoms with Crippen molar-refractivity contribution in [3.63, 3.8) is 0 Å². The maximum atomic E-state index is 6.43. The molecule has 0 spiro atoms. The zero-order valence-electron chi connectivity index (χ0n) is 16.9. The minimum Gasteiger partial charge on any atom is -0.333 e. The van der Waals surface area contributed by atoms with E-state index in [-0.39, 0.29) is 11.5 Å². The molecular weight excluding hydrogens is 358 g/mol. The van der Waals surface area contributed by atoms with Crippen LogP contribution in [-0.4, -0.2) is 9.04 Å². The number of nitrogens with one attached hydrogen (secondary N) is 1. The molecule has 0 saturated heterocycles. The second kappa shape index (κ2) is 8.04. The second-order valence-corrected chi connectivity index (χ2v) is 10.6. The lowest BCUT2D eigenvalue weighted by atomic mass is 9.85. The summed E-state index contributed by atoms with van der Waals surface area (Å²) >= 11 is 0. The van der Waals surface area contributed by atoms with Gasteiger partial charge in [-0.2, -0.15) is 0 Å². The average Bonchev–Trinajstić information content (AvgIpc) is 3.12. The fourth-order valence-electron chi connectivity index (χ4n) is 3.78. The highest BCUT2D eigenvalue weighted by Crippen LogP contribution is 2.34. The predicted molar refractivity (Wildman–Crippen MR) is 118 cm³/mol. The Morgan fingerprint density at radius 3 is 2.04 bits per heavy atom. The van der Waals surface area contributed by atoms with Gasteiger partial charge in [-0.1, -0.05) is 99.6 Å². The third-order valence-corrected chi connectivity index (χ3v) is 7.50. The van der Waals surface area contributed by atoms with Crippen LogP contribution in [0.2, 0.25) is 0 Å².